The monoisotopic (exact) mass is 538 g/mol. The number of amides is 2. The number of carbonyl (C=O) groups excluding carboxylic acids is 3. The van der Waals surface area contributed by atoms with E-state index in [0.717, 1.165) is 5.56 Å². The molecule has 1 aromatic carbocycles. The maximum atomic E-state index is 14.6. The van der Waals surface area contributed by atoms with Gasteiger partial charge in [-0.2, -0.15) is 0 Å². The van der Waals surface area contributed by atoms with Crippen LogP contribution >= 0.6 is 0 Å². The van der Waals surface area contributed by atoms with E-state index in [1.165, 1.54) is 11.0 Å². The Morgan fingerprint density at radius 3 is 2.49 bits per heavy atom. The van der Waals surface area contributed by atoms with E-state index in [2.05, 4.69) is 13.2 Å². The molecule has 3 aliphatic rings. The molecule has 0 radical (unpaired) electrons. The first-order chi connectivity index (χ1) is 18.4. The van der Waals surface area contributed by atoms with Crippen molar-refractivity contribution in [2.45, 2.75) is 76.3 Å². The number of hydrogen-bond acceptors (Lipinski definition) is 6. The number of carbonyl (C=O) groups is 3. The number of rotatable bonds is 10. The summed E-state index contributed by atoms with van der Waals surface area (Å²) in [5.74, 6) is -3.05. The van der Waals surface area contributed by atoms with Gasteiger partial charge in [0.1, 0.15) is 24.2 Å². The van der Waals surface area contributed by atoms with Crippen molar-refractivity contribution in [3.05, 3.63) is 61.2 Å². The third-order valence-electron chi connectivity index (χ3n) is 8.89. The average molecular weight is 539 g/mol. The maximum absolute atomic E-state index is 14.6. The molecule has 0 aliphatic carbocycles. The molecule has 8 nitrogen and oxygen atoms in total. The number of likely N-dealkylation sites (tertiary alicyclic amines) is 1. The van der Waals surface area contributed by atoms with Crippen LogP contribution in [0.25, 0.3) is 0 Å². The topological polar surface area (TPSA) is 96.4 Å². The molecule has 3 fully saturated rings. The van der Waals surface area contributed by atoms with Crippen molar-refractivity contribution in [2.75, 3.05) is 19.8 Å². The van der Waals surface area contributed by atoms with Crippen LogP contribution in [0.1, 0.15) is 46.6 Å². The van der Waals surface area contributed by atoms with Crippen molar-refractivity contribution in [1.82, 2.24) is 9.80 Å². The van der Waals surface area contributed by atoms with E-state index in [1.807, 2.05) is 65.0 Å². The van der Waals surface area contributed by atoms with Gasteiger partial charge in [0.2, 0.25) is 11.8 Å². The Bertz CT molecular complexity index is 1130. The lowest BCUT2D eigenvalue weighted by molar-refractivity contribution is -0.164. The van der Waals surface area contributed by atoms with Crippen LogP contribution in [0, 0.1) is 17.8 Å². The number of hydrogen-bond donors (Lipinski definition) is 1. The van der Waals surface area contributed by atoms with Gasteiger partial charge in [-0.1, -0.05) is 56.0 Å². The lowest BCUT2D eigenvalue weighted by Crippen LogP contribution is -2.62. The Balaban J connectivity index is 1.86. The average Bonchev–Trinajstić information content (AvgIpc) is 3.40. The third-order valence-corrected chi connectivity index (χ3v) is 8.89. The molecule has 3 aliphatic heterocycles. The summed E-state index contributed by atoms with van der Waals surface area (Å²) in [6, 6.07) is 7.86. The zero-order valence-electron chi connectivity index (χ0n) is 23.8. The zero-order chi connectivity index (χ0) is 28.8. The predicted octanol–water partition coefficient (Wildman–Crippen LogP) is 3.14. The molecule has 0 saturated carbocycles. The summed E-state index contributed by atoms with van der Waals surface area (Å²) < 4.78 is 12.3. The third kappa shape index (κ3) is 4.61. The molecule has 212 valence electrons. The van der Waals surface area contributed by atoms with Gasteiger partial charge in [-0.05, 0) is 52.0 Å². The summed E-state index contributed by atoms with van der Waals surface area (Å²) in [5, 5.41) is 10.6. The molecule has 3 unspecified atom stereocenters. The van der Waals surface area contributed by atoms with E-state index >= 15 is 0 Å². The van der Waals surface area contributed by atoms with E-state index in [1.54, 1.807) is 11.0 Å². The molecule has 7 atom stereocenters. The van der Waals surface area contributed by atoms with Gasteiger partial charge in [0.15, 0.2) is 0 Å². The van der Waals surface area contributed by atoms with Crippen molar-refractivity contribution in [3.63, 3.8) is 0 Å². The van der Waals surface area contributed by atoms with E-state index in [0.29, 0.717) is 12.8 Å². The number of aliphatic hydroxyl groups excluding tert-OH is 1. The second-order valence-corrected chi connectivity index (χ2v) is 12.3. The van der Waals surface area contributed by atoms with Crippen LogP contribution in [0.3, 0.4) is 0 Å². The highest BCUT2D eigenvalue weighted by molar-refractivity contribution is 5.99. The highest BCUT2D eigenvalue weighted by Crippen LogP contribution is 2.65. The Hall–Kier alpha value is -2.97. The lowest BCUT2D eigenvalue weighted by atomic mass is 9.62. The molecule has 3 heterocycles. The van der Waals surface area contributed by atoms with E-state index in [4.69, 9.17) is 9.47 Å². The molecule has 0 aromatic heterocycles. The van der Waals surface area contributed by atoms with Gasteiger partial charge in [0.25, 0.3) is 0 Å². The molecule has 4 rings (SSSR count). The minimum atomic E-state index is -1.23. The largest absolute Gasteiger partial charge is 0.461 e. The van der Waals surface area contributed by atoms with Crippen LogP contribution in [0.5, 0.6) is 0 Å². The number of fused-ring (bicyclic) bond motifs is 1. The Morgan fingerprint density at radius 2 is 1.92 bits per heavy atom. The van der Waals surface area contributed by atoms with Gasteiger partial charge < -0.3 is 24.4 Å². The summed E-state index contributed by atoms with van der Waals surface area (Å²) >= 11 is 0. The number of esters is 1. The van der Waals surface area contributed by atoms with E-state index in [9.17, 15) is 19.5 Å². The van der Waals surface area contributed by atoms with Crippen LogP contribution < -0.4 is 0 Å². The zero-order valence-corrected chi connectivity index (χ0v) is 23.8. The van der Waals surface area contributed by atoms with Crippen molar-refractivity contribution in [2.24, 2.45) is 17.8 Å². The fraction of sp³-hybridized carbons (Fsp3) is 0.581. The first-order valence-electron chi connectivity index (χ1n) is 13.7. The summed E-state index contributed by atoms with van der Waals surface area (Å²) in [5.41, 5.74) is -1.84. The highest BCUT2D eigenvalue weighted by atomic mass is 16.6. The van der Waals surface area contributed by atoms with Gasteiger partial charge >= 0.3 is 5.97 Å². The van der Waals surface area contributed by atoms with E-state index < -0.39 is 46.6 Å². The minimum Gasteiger partial charge on any atom is -0.461 e. The summed E-state index contributed by atoms with van der Waals surface area (Å²) in [6.07, 6.45) is 3.94. The van der Waals surface area contributed by atoms with Gasteiger partial charge in [-0.25, -0.2) is 0 Å². The first kappa shape index (κ1) is 29.0. The Kier molecular flexibility index (Phi) is 7.85. The van der Waals surface area contributed by atoms with Crippen LogP contribution in [0.15, 0.2) is 55.6 Å². The summed E-state index contributed by atoms with van der Waals surface area (Å²) in [4.78, 5) is 45.7. The molecule has 39 heavy (non-hydrogen) atoms. The first-order valence-corrected chi connectivity index (χ1v) is 13.7. The van der Waals surface area contributed by atoms with Crippen molar-refractivity contribution < 1.29 is 29.0 Å². The molecular weight excluding hydrogens is 496 g/mol. The number of nitrogens with zero attached hydrogens (tertiary/aromatic N) is 2. The fourth-order valence-corrected chi connectivity index (χ4v) is 7.05. The highest BCUT2D eigenvalue weighted by Gasteiger charge is 2.81. The summed E-state index contributed by atoms with van der Waals surface area (Å²) in [6.45, 7) is 17.1. The summed E-state index contributed by atoms with van der Waals surface area (Å²) in [7, 11) is 0. The van der Waals surface area contributed by atoms with Gasteiger partial charge in [-0.15, -0.1) is 6.58 Å². The Morgan fingerprint density at radius 1 is 1.26 bits per heavy atom. The fourth-order valence-electron chi connectivity index (χ4n) is 7.05. The van der Waals surface area contributed by atoms with Crippen LogP contribution in [-0.2, 0) is 30.3 Å². The van der Waals surface area contributed by atoms with Gasteiger partial charge in [0, 0.05) is 12.1 Å². The standard InChI is InChI=1S/C31H42N2O6/c1-8-15-32(29(4,5)6)27(36)25-31-18-20(3)30(7,39-31)24(28(37)38-16-9-2)23(31)26(35)33(25)22(19-34)17-21-13-11-10-12-14-21/h8-14,20,22-25,34H,1-2,15-19H2,3-7H3/t20?,22-,23+,24+,25?,30-,31?/m1/s1. The quantitative estimate of drug-likeness (QED) is 0.363. The molecule has 8 heteroatoms. The van der Waals surface area contributed by atoms with Crippen molar-refractivity contribution in [1.29, 1.82) is 0 Å². The Labute approximate surface area is 231 Å². The van der Waals surface area contributed by atoms with Crippen molar-refractivity contribution >= 4 is 17.8 Å². The molecule has 1 aromatic rings. The van der Waals surface area contributed by atoms with Crippen molar-refractivity contribution in [3.8, 4) is 0 Å². The minimum absolute atomic E-state index is 0.0180. The van der Waals surface area contributed by atoms with Gasteiger partial charge in [-0.3, -0.25) is 14.4 Å². The van der Waals surface area contributed by atoms with Gasteiger partial charge in [0.05, 0.1) is 24.2 Å². The maximum Gasteiger partial charge on any atom is 0.313 e. The van der Waals surface area contributed by atoms with Crippen LogP contribution in [0.2, 0.25) is 0 Å². The molecule has 3 saturated heterocycles. The molecule has 1 N–H and O–H groups in total. The van der Waals surface area contributed by atoms with Crippen LogP contribution in [0.4, 0.5) is 0 Å². The smallest absolute Gasteiger partial charge is 0.313 e. The van der Waals surface area contributed by atoms with Crippen LogP contribution in [-0.4, -0.2) is 81.3 Å². The lowest BCUT2D eigenvalue weighted by Gasteiger charge is -2.43. The van der Waals surface area contributed by atoms with E-state index in [-0.39, 0.29) is 37.5 Å². The second kappa shape index (κ2) is 10.5. The number of ether oxygens (including phenoxy) is 2. The SMILES string of the molecule is C=CCOC(=O)[C@@H]1[C@H]2C(=O)N([C@@H](CO)Cc3ccccc3)C(C(=O)N(CC=C)C(C)(C)C)C23CC(C)[C@@]1(C)O3. The predicted molar refractivity (Wildman–Crippen MR) is 147 cm³/mol. The number of aliphatic hydroxyl groups is 1. The molecule has 2 bridgehead atoms. The second-order valence-electron chi connectivity index (χ2n) is 12.3. The normalized spacial score (nSPS) is 32.1. The molecule has 1 spiro atoms. The molecule has 2 amide bonds. The number of benzene rings is 1. The molecular formula is C31H42N2O6.